The Kier molecular flexibility index (Phi) is 4.76. The largest absolute Gasteiger partial charge is 0.481 e. The van der Waals surface area contributed by atoms with Crippen LogP contribution in [0.5, 0.6) is 5.75 Å². The molecule has 1 fully saturated rings. The number of benzene rings is 1. The van der Waals surface area contributed by atoms with Crippen molar-refractivity contribution in [2.24, 2.45) is 0 Å². The van der Waals surface area contributed by atoms with Crippen molar-refractivity contribution in [3.05, 3.63) is 39.1 Å². The first-order valence-corrected chi connectivity index (χ1v) is 8.25. The number of aromatic amines is 1. The Morgan fingerprint density at radius 3 is 3.04 bits per heavy atom. The Balaban J connectivity index is 1.53. The van der Waals surface area contributed by atoms with Crippen molar-refractivity contribution in [3.8, 4) is 5.75 Å². The highest BCUT2D eigenvalue weighted by Crippen LogP contribution is 2.35. The van der Waals surface area contributed by atoms with Crippen LogP contribution in [0.25, 0.3) is 0 Å². The van der Waals surface area contributed by atoms with Crippen LogP contribution in [0.15, 0.2) is 22.7 Å². The van der Waals surface area contributed by atoms with E-state index < -0.39 is 5.82 Å². The molecule has 0 spiro atoms. The molecule has 23 heavy (non-hydrogen) atoms. The predicted octanol–water partition coefficient (Wildman–Crippen LogP) is 2.87. The lowest BCUT2D eigenvalue weighted by molar-refractivity contribution is -0.123. The molecular formula is C14H14BrFN4O2S. The number of H-pyrrole nitrogens is 1. The molecule has 3 rings (SSSR count). The molecule has 0 saturated heterocycles. The zero-order chi connectivity index (χ0) is 16.4. The van der Waals surface area contributed by atoms with E-state index in [4.69, 9.17) is 17.0 Å². The molecular weight excluding hydrogens is 387 g/mol. The number of ether oxygens (including phenoxy) is 1. The SMILES string of the molecule is O=C(COc1ccc(Br)cc1F)NCc1n[nH]c(=S)n1C1CC1. The Hall–Kier alpha value is -1.74. The van der Waals surface area contributed by atoms with Gasteiger partial charge in [0, 0.05) is 10.5 Å². The maximum Gasteiger partial charge on any atom is 0.258 e. The maximum atomic E-state index is 13.6. The minimum atomic E-state index is -0.526. The molecule has 1 heterocycles. The summed E-state index contributed by atoms with van der Waals surface area (Å²) in [7, 11) is 0. The van der Waals surface area contributed by atoms with Gasteiger partial charge in [-0.3, -0.25) is 14.5 Å². The molecule has 1 aliphatic rings. The lowest BCUT2D eigenvalue weighted by Crippen LogP contribution is -2.29. The van der Waals surface area contributed by atoms with Crippen LogP contribution in [0.4, 0.5) is 4.39 Å². The third-order valence-electron chi connectivity index (χ3n) is 3.39. The number of carbonyl (C=O) groups excluding carboxylic acids is 1. The topological polar surface area (TPSA) is 71.9 Å². The van der Waals surface area contributed by atoms with Gasteiger partial charge in [-0.25, -0.2) is 4.39 Å². The van der Waals surface area contributed by atoms with Crippen molar-refractivity contribution in [2.45, 2.75) is 25.4 Å². The molecule has 0 unspecified atom stereocenters. The van der Waals surface area contributed by atoms with Crippen LogP contribution in [0.3, 0.4) is 0 Å². The summed E-state index contributed by atoms with van der Waals surface area (Å²) in [4.78, 5) is 11.8. The Morgan fingerprint density at radius 2 is 2.35 bits per heavy atom. The normalized spacial score (nSPS) is 13.8. The molecule has 1 aromatic heterocycles. The number of hydrogen-bond donors (Lipinski definition) is 2. The lowest BCUT2D eigenvalue weighted by Gasteiger charge is -2.09. The summed E-state index contributed by atoms with van der Waals surface area (Å²) < 4.78 is 21.8. The first-order valence-electron chi connectivity index (χ1n) is 7.05. The van der Waals surface area contributed by atoms with Crippen molar-refractivity contribution >= 4 is 34.1 Å². The average molecular weight is 401 g/mol. The number of nitrogens with zero attached hydrogens (tertiary/aromatic N) is 2. The second kappa shape index (κ2) is 6.79. The summed E-state index contributed by atoms with van der Waals surface area (Å²) in [6, 6.07) is 4.76. The van der Waals surface area contributed by atoms with Crippen molar-refractivity contribution in [2.75, 3.05) is 6.61 Å². The van der Waals surface area contributed by atoms with E-state index >= 15 is 0 Å². The molecule has 0 bridgehead atoms. The van der Waals surface area contributed by atoms with Crippen LogP contribution < -0.4 is 10.1 Å². The van der Waals surface area contributed by atoms with Crippen molar-refractivity contribution in [1.82, 2.24) is 20.1 Å². The van der Waals surface area contributed by atoms with Crippen LogP contribution in [0.2, 0.25) is 0 Å². The number of hydrogen-bond acceptors (Lipinski definition) is 4. The minimum Gasteiger partial charge on any atom is -0.481 e. The number of rotatable bonds is 6. The van der Waals surface area contributed by atoms with E-state index in [-0.39, 0.29) is 24.8 Å². The maximum absolute atomic E-state index is 13.6. The summed E-state index contributed by atoms with van der Waals surface area (Å²) in [5, 5.41) is 9.54. The second-order valence-electron chi connectivity index (χ2n) is 5.19. The van der Waals surface area contributed by atoms with Gasteiger partial charge in [-0.15, -0.1) is 0 Å². The van der Waals surface area contributed by atoms with E-state index in [1.807, 2.05) is 4.57 Å². The average Bonchev–Trinajstić information content (AvgIpc) is 3.27. The van der Waals surface area contributed by atoms with Gasteiger partial charge in [0.2, 0.25) is 0 Å². The first kappa shape index (κ1) is 16.1. The summed E-state index contributed by atoms with van der Waals surface area (Å²) in [6.45, 7) is -0.0260. The molecule has 0 atom stereocenters. The van der Waals surface area contributed by atoms with Crippen LogP contribution in [-0.4, -0.2) is 27.3 Å². The fraction of sp³-hybridized carbons (Fsp3) is 0.357. The second-order valence-corrected chi connectivity index (χ2v) is 6.49. The highest BCUT2D eigenvalue weighted by molar-refractivity contribution is 9.10. The summed E-state index contributed by atoms with van der Waals surface area (Å²) in [6.07, 6.45) is 2.14. The Morgan fingerprint density at radius 1 is 1.57 bits per heavy atom. The zero-order valence-electron chi connectivity index (χ0n) is 12.0. The van der Waals surface area contributed by atoms with Gasteiger partial charge in [0.15, 0.2) is 28.8 Å². The zero-order valence-corrected chi connectivity index (χ0v) is 14.4. The van der Waals surface area contributed by atoms with Crippen LogP contribution in [0.1, 0.15) is 24.7 Å². The van der Waals surface area contributed by atoms with Crippen LogP contribution >= 0.6 is 28.1 Å². The van der Waals surface area contributed by atoms with E-state index in [2.05, 4.69) is 31.4 Å². The molecule has 2 aromatic rings. The monoisotopic (exact) mass is 400 g/mol. The quantitative estimate of drug-likeness (QED) is 0.731. The summed E-state index contributed by atoms with van der Waals surface area (Å²) >= 11 is 8.33. The molecule has 0 radical (unpaired) electrons. The van der Waals surface area contributed by atoms with Gasteiger partial charge in [-0.05, 0) is 43.3 Å². The molecule has 1 saturated carbocycles. The molecule has 1 aliphatic carbocycles. The van der Waals surface area contributed by atoms with Crippen molar-refractivity contribution in [3.63, 3.8) is 0 Å². The summed E-state index contributed by atoms with van der Waals surface area (Å²) in [5.41, 5.74) is 0. The van der Waals surface area contributed by atoms with Gasteiger partial charge in [0.1, 0.15) is 0 Å². The molecule has 6 nitrogen and oxygen atoms in total. The fourth-order valence-electron chi connectivity index (χ4n) is 2.14. The highest BCUT2D eigenvalue weighted by atomic mass is 79.9. The van der Waals surface area contributed by atoms with Crippen LogP contribution in [-0.2, 0) is 11.3 Å². The molecule has 1 aromatic carbocycles. The van der Waals surface area contributed by atoms with Crippen molar-refractivity contribution < 1.29 is 13.9 Å². The third-order valence-corrected chi connectivity index (χ3v) is 4.17. The van der Waals surface area contributed by atoms with Gasteiger partial charge in [0.05, 0.1) is 6.54 Å². The smallest absolute Gasteiger partial charge is 0.258 e. The minimum absolute atomic E-state index is 0.0315. The van der Waals surface area contributed by atoms with E-state index in [0.717, 1.165) is 12.8 Å². The molecule has 0 aliphatic heterocycles. The van der Waals surface area contributed by atoms with E-state index in [9.17, 15) is 9.18 Å². The molecule has 122 valence electrons. The van der Waals surface area contributed by atoms with Crippen molar-refractivity contribution in [1.29, 1.82) is 0 Å². The van der Waals surface area contributed by atoms with Gasteiger partial charge in [-0.2, -0.15) is 5.10 Å². The molecule has 9 heteroatoms. The number of carbonyl (C=O) groups is 1. The van der Waals surface area contributed by atoms with E-state index in [1.165, 1.54) is 12.1 Å². The third kappa shape index (κ3) is 3.97. The Labute approximate surface area is 145 Å². The standard InChI is InChI=1S/C14H14BrFN4O2S/c15-8-1-4-11(10(16)5-8)22-7-13(21)17-6-12-18-19-14(23)20(12)9-2-3-9/h1,4-5,9H,2-3,6-7H2,(H,17,21)(H,19,23). The van der Waals surface area contributed by atoms with E-state index in [0.29, 0.717) is 21.1 Å². The van der Waals surface area contributed by atoms with Gasteiger partial charge < -0.3 is 10.1 Å². The number of nitrogens with one attached hydrogen (secondary N) is 2. The highest BCUT2D eigenvalue weighted by Gasteiger charge is 2.27. The number of amides is 1. The molecule has 2 N–H and O–H groups in total. The summed E-state index contributed by atoms with van der Waals surface area (Å²) in [5.74, 6) is -0.171. The van der Waals surface area contributed by atoms with Crippen LogP contribution in [0, 0.1) is 10.6 Å². The van der Waals surface area contributed by atoms with Gasteiger partial charge >= 0.3 is 0 Å². The van der Waals surface area contributed by atoms with E-state index in [1.54, 1.807) is 6.07 Å². The number of halogens is 2. The lowest BCUT2D eigenvalue weighted by atomic mass is 10.3. The first-order chi connectivity index (χ1) is 11.0. The molecule has 1 amide bonds. The fourth-order valence-corrected chi connectivity index (χ4v) is 2.77. The number of aromatic nitrogens is 3. The Bertz CT molecular complexity index is 787. The predicted molar refractivity (Wildman–Crippen MR) is 87.1 cm³/mol. The van der Waals surface area contributed by atoms with Gasteiger partial charge in [0.25, 0.3) is 5.91 Å². The van der Waals surface area contributed by atoms with Gasteiger partial charge in [-0.1, -0.05) is 15.9 Å².